The highest BCUT2D eigenvalue weighted by Gasteiger charge is 2.40. The number of benzene rings is 2. The summed E-state index contributed by atoms with van der Waals surface area (Å²) in [5.41, 5.74) is 2.59. The minimum atomic E-state index is -1.47. The fourth-order valence-corrected chi connectivity index (χ4v) is 5.36. The first kappa shape index (κ1) is 27.8. The molecule has 38 heavy (non-hydrogen) atoms. The van der Waals surface area contributed by atoms with Gasteiger partial charge >= 0.3 is 0 Å². The molecule has 6 nitrogen and oxygen atoms in total. The summed E-state index contributed by atoms with van der Waals surface area (Å²) in [6.07, 6.45) is 4.61. The molecule has 10 heteroatoms. The zero-order chi connectivity index (χ0) is 27.3. The third-order valence-electron chi connectivity index (χ3n) is 7.60. The monoisotopic (exact) mass is 533 g/mol. The van der Waals surface area contributed by atoms with Gasteiger partial charge in [0.2, 0.25) is 5.91 Å². The van der Waals surface area contributed by atoms with Crippen molar-refractivity contribution in [1.29, 1.82) is 0 Å². The van der Waals surface area contributed by atoms with Gasteiger partial charge in [-0.05, 0) is 106 Å². The number of carbonyl (C=O) groups excluding carboxylic acids is 1. The summed E-state index contributed by atoms with van der Waals surface area (Å²) < 4.78 is 60.0. The third kappa shape index (κ3) is 6.07. The second kappa shape index (κ2) is 12.1. The van der Waals surface area contributed by atoms with Crippen molar-refractivity contribution in [2.24, 2.45) is 5.41 Å². The number of amides is 1. The van der Waals surface area contributed by atoms with Crippen LogP contribution >= 0.6 is 0 Å². The van der Waals surface area contributed by atoms with Crippen LogP contribution in [0.4, 0.5) is 17.6 Å². The first-order chi connectivity index (χ1) is 18.3. The molecule has 1 aliphatic rings. The molecule has 1 fully saturated rings. The molecule has 1 aliphatic heterocycles. The maximum Gasteiger partial charge on any atom is 0.249 e. The summed E-state index contributed by atoms with van der Waals surface area (Å²) in [5, 5.41) is 10.1. The number of hydrogen-bond donors (Lipinski definition) is 2. The predicted octanol–water partition coefficient (Wildman–Crippen LogP) is 5.34. The number of ether oxygens (including phenoxy) is 1. The van der Waals surface area contributed by atoms with E-state index in [4.69, 9.17) is 4.74 Å². The van der Waals surface area contributed by atoms with Gasteiger partial charge in [0.1, 0.15) is 11.6 Å². The Bertz CT molecular complexity index is 1270. The lowest BCUT2D eigenvalue weighted by Gasteiger charge is -2.40. The summed E-state index contributed by atoms with van der Waals surface area (Å²) >= 11 is 0. The number of likely N-dealkylation sites (tertiary alicyclic amines) is 1. The van der Waals surface area contributed by atoms with E-state index in [1.165, 1.54) is 6.20 Å². The second-order valence-corrected chi connectivity index (χ2v) is 9.86. The highest BCUT2D eigenvalue weighted by Crippen LogP contribution is 2.38. The van der Waals surface area contributed by atoms with Gasteiger partial charge in [0.15, 0.2) is 17.5 Å². The van der Waals surface area contributed by atoms with Gasteiger partial charge < -0.3 is 9.64 Å². The zero-order valence-corrected chi connectivity index (χ0v) is 21.2. The Hall–Kier alpha value is -3.24. The van der Waals surface area contributed by atoms with E-state index in [1.54, 1.807) is 25.3 Å². The highest BCUT2D eigenvalue weighted by atomic mass is 19.2. The van der Waals surface area contributed by atoms with Crippen molar-refractivity contribution < 1.29 is 32.3 Å². The normalized spacial score (nSPS) is 15.5. The van der Waals surface area contributed by atoms with E-state index in [0.717, 1.165) is 12.1 Å². The van der Waals surface area contributed by atoms with E-state index in [-0.39, 0.29) is 0 Å². The zero-order valence-electron chi connectivity index (χ0n) is 21.2. The van der Waals surface area contributed by atoms with Crippen LogP contribution in [0.3, 0.4) is 0 Å². The number of rotatable bonds is 10. The maximum absolute atomic E-state index is 14.7. The number of piperidine rings is 1. The fourth-order valence-electron chi connectivity index (χ4n) is 5.36. The average molecular weight is 534 g/mol. The predicted molar refractivity (Wildman–Crippen MR) is 134 cm³/mol. The molecule has 1 amide bonds. The molecule has 2 aromatic carbocycles. The molecule has 3 aromatic rings. The average Bonchev–Trinajstić information content (AvgIpc) is 2.93. The van der Waals surface area contributed by atoms with Gasteiger partial charge in [-0.25, -0.2) is 23.0 Å². The number of fused-ring (bicyclic) bond motifs is 1. The number of hydrogen-bond acceptors (Lipinski definition) is 5. The van der Waals surface area contributed by atoms with E-state index in [1.807, 2.05) is 5.48 Å². The standard InChI is InChI=1S/C28H31F4N3O3/c1-38-19-6-7-25-21(16-19)20(24(31)17-33-25)5-2-8-28(27(36)34-37)9-12-35(13-10-28)11-3-4-18-14-22(29)26(32)23(30)15-18/h6-7,14-17,37H,2-5,8-13H2,1H3,(H,34,36). The van der Waals surface area contributed by atoms with E-state index >= 15 is 0 Å². The number of nitrogens with zero attached hydrogens (tertiary/aromatic N) is 2. The molecule has 0 atom stereocenters. The molecule has 4 rings (SSSR count). The Morgan fingerprint density at radius 3 is 2.42 bits per heavy atom. The first-order valence-electron chi connectivity index (χ1n) is 12.7. The molecular weight excluding hydrogens is 502 g/mol. The molecule has 1 saturated heterocycles. The van der Waals surface area contributed by atoms with Crippen LogP contribution in [-0.4, -0.2) is 47.7 Å². The molecule has 0 unspecified atom stereocenters. The minimum Gasteiger partial charge on any atom is -0.497 e. The third-order valence-corrected chi connectivity index (χ3v) is 7.60. The molecule has 2 N–H and O–H groups in total. The number of methoxy groups -OCH3 is 1. The lowest BCUT2D eigenvalue weighted by Crippen LogP contribution is -2.48. The van der Waals surface area contributed by atoms with Gasteiger partial charge in [-0.1, -0.05) is 0 Å². The van der Waals surface area contributed by atoms with Crippen molar-refractivity contribution in [3.8, 4) is 5.75 Å². The molecule has 0 saturated carbocycles. The van der Waals surface area contributed by atoms with Crippen molar-refractivity contribution in [3.05, 3.63) is 70.9 Å². The number of halogens is 4. The van der Waals surface area contributed by atoms with Crippen LogP contribution in [0.25, 0.3) is 10.9 Å². The number of aromatic nitrogens is 1. The van der Waals surface area contributed by atoms with E-state index in [2.05, 4.69) is 9.88 Å². The lowest BCUT2D eigenvalue weighted by molar-refractivity contribution is -0.143. The quantitative estimate of drug-likeness (QED) is 0.159. The number of nitrogens with one attached hydrogen (secondary N) is 1. The molecule has 2 heterocycles. The van der Waals surface area contributed by atoms with Gasteiger partial charge in [0.05, 0.1) is 24.2 Å². The molecular formula is C28H31F4N3O3. The Balaban J connectivity index is 1.35. The van der Waals surface area contributed by atoms with Gasteiger partial charge in [-0.2, -0.15) is 0 Å². The molecule has 0 radical (unpaired) electrons. The minimum absolute atomic E-state index is 0.390. The summed E-state index contributed by atoms with van der Waals surface area (Å²) in [6.45, 7) is 1.85. The van der Waals surface area contributed by atoms with Gasteiger partial charge in [-0.3, -0.25) is 15.0 Å². The van der Waals surface area contributed by atoms with Gasteiger partial charge in [-0.15, -0.1) is 0 Å². The van der Waals surface area contributed by atoms with Crippen LogP contribution in [0, 0.1) is 28.7 Å². The van der Waals surface area contributed by atoms with Crippen molar-refractivity contribution in [3.63, 3.8) is 0 Å². The van der Waals surface area contributed by atoms with E-state index in [9.17, 15) is 27.6 Å². The molecule has 0 spiro atoms. The van der Waals surface area contributed by atoms with Crippen molar-refractivity contribution in [1.82, 2.24) is 15.4 Å². The van der Waals surface area contributed by atoms with Gasteiger partial charge in [0, 0.05) is 5.39 Å². The number of hydroxylamine groups is 1. The number of aryl methyl sites for hydroxylation is 2. The molecule has 204 valence electrons. The topological polar surface area (TPSA) is 74.7 Å². The highest BCUT2D eigenvalue weighted by molar-refractivity contribution is 5.84. The molecule has 1 aromatic heterocycles. The van der Waals surface area contributed by atoms with Crippen LogP contribution < -0.4 is 10.2 Å². The van der Waals surface area contributed by atoms with Crippen LogP contribution in [0.2, 0.25) is 0 Å². The Kier molecular flexibility index (Phi) is 8.83. The summed E-state index contributed by atoms with van der Waals surface area (Å²) in [4.78, 5) is 19.0. The fraction of sp³-hybridized carbons (Fsp3) is 0.429. The van der Waals surface area contributed by atoms with E-state index in [0.29, 0.717) is 92.4 Å². The smallest absolute Gasteiger partial charge is 0.249 e. The van der Waals surface area contributed by atoms with Crippen LogP contribution in [0.5, 0.6) is 5.75 Å². The summed E-state index contributed by atoms with van der Waals surface area (Å²) in [7, 11) is 1.54. The second-order valence-electron chi connectivity index (χ2n) is 9.86. The Morgan fingerprint density at radius 1 is 1.05 bits per heavy atom. The molecule has 0 aliphatic carbocycles. The van der Waals surface area contributed by atoms with Crippen LogP contribution in [-0.2, 0) is 17.6 Å². The van der Waals surface area contributed by atoms with Gasteiger partial charge in [0.25, 0.3) is 0 Å². The number of carbonyl (C=O) groups is 1. The largest absolute Gasteiger partial charge is 0.497 e. The Labute approximate surface area is 218 Å². The van der Waals surface area contributed by atoms with Crippen LogP contribution in [0.1, 0.15) is 43.2 Å². The summed E-state index contributed by atoms with van der Waals surface area (Å²) in [5.74, 6) is -4.13. The molecule has 0 bridgehead atoms. The Morgan fingerprint density at radius 2 is 1.76 bits per heavy atom. The lowest BCUT2D eigenvalue weighted by atomic mass is 9.73. The van der Waals surface area contributed by atoms with Crippen molar-refractivity contribution in [2.75, 3.05) is 26.7 Å². The maximum atomic E-state index is 14.7. The van der Waals surface area contributed by atoms with E-state index < -0.39 is 34.6 Å². The number of pyridine rings is 1. The first-order valence-corrected chi connectivity index (χ1v) is 12.7. The van der Waals surface area contributed by atoms with Crippen LogP contribution in [0.15, 0.2) is 36.5 Å². The summed E-state index contributed by atoms with van der Waals surface area (Å²) in [6, 6.07) is 7.31. The SMILES string of the molecule is COc1ccc2ncc(F)c(CCCC3(C(=O)NO)CCN(CCCc4cc(F)c(F)c(F)c4)CC3)c2c1. The van der Waals surface area contributed by atoms with Crippen molar-refractivity contribution in [2.45, 2.75) is 44.9 Å². The van der Waals surface area contributed by atoms with Crippen molar-refractivity contribution >= 4 is 16.8 Å².